The van der Waals surface area contributed by atoms with E-state index in [-0.39, 0.29) is 5.60 Å². The molecule has 3 aliphatic carbocycles. The molecule has 1 heteroatoms. The Morgan fingerprint density at radius 1 is 1.25 bits per heavy atom. The van der Waals surface area contributed by atoms with Gasteiger partial charge in [-0.25, -0.2) is 0 Å². The zero-order valence-corrected chi connectivity index (χ0v) is 10.6. The Labute approximate surface area is 98.9 Å². The van der Waals surface area contributed by atoms with Crippen molar-refractivity contribution in [1.29, 1.82) is 0 Å². The second-order valence-corrected chi connectivity index (χ2v) is 6.70. The molecule has 1 N–H and O–H groups in total. The third-order valence-corrected chi connectivity index (χ3v) is 6.03. The van der Waals surface area contributed by atoms with Crippen molar-refractivity contribution in [2.75, 3.05) is 0 Å². The lowest BCUT2D eigenvalue weighted by atomic mass is 9.46. The quantitative estimate of drug-likeness (QED) is 0.617. The molecule has 2 fully saturated rings. The molecule has 4 atom stereocenters. The van der Waals surface area contributed by atoms with Crippen LogP contribution in [0.2, 0.25) is 0 Å². The van der Waals surface area contributed by atoms with Gasteiger partial charge in [0.2, 0.25) is 0 Å². The summed E-state index contributed by atoms with van der Waals surface area (Å²) in [6, 6.07) is 0. The van der Waals surface area contributed by atoms with Gasteiger partial charge in [0, 0.05) is 0 Å². The van der Waals surface area contributed by atoms with Crippen molar-refractivity contribution in [3.05, 3.63) is 11.6 Å². The van der Waals surface area contributed by atoms with Crippen LogP contribution in [0.1, 0.15) is 58.8 Å². The Morgan fingerprint density at radius 3 is 2.75 bits per heavy atom. The van der Waals surface area contributed by atoms with Gasteiger partial charge in [0.1, 0.15) is 0 Å². The highest BCUT2D eigenvalue weighted by Crippen LogP contribution is 2.62. The first kappa shape index (κ1) is 10.8. The number of allylic oxidation sites excluding steroid dienone is 2. The molecule has 0 amide bonds. The second-order valence-electron chi connectivity index (χ2n) is 6.70. The summed E-state index contributed by atoms with van der Waals surface area (Å²) in [7, 11) is 0. The number of fused-ring (bicyclic) bond motifs is 5. The molecular weight excluding hydrogens is 196 g/mol. The van der Waals surface area contributed by atoms with Crippen LogP contribution >= 0.6 is 0 Å². The van der Waals surface area contributed by atoms with Crippen LogP contribution in [-0.4, -0.2) is 10.7 Å². The smallest absolute Gasteiger partial charge is 0.0687 e. The van der Waals surface area contributed by atoms with E-state index in [0.29, 0.717) is 11.3 Å². The number of hydrogen-bond acceptors (Lipinski definition) is 1. The molecule has 2 bridgehead atoms. The minimum atomic E-state index is -0.347. The van der Waals surface area contributed by atoms with Crippen LogP contribution in [0.15, 0.2) is 11.6 Å². The Hall–Kier alpha value is -0.300. The molecule has 3 aliphatic rings. The fourth-order valence-electron chi connectivity index (χ4n) is 4.46. The summed E-state index contributed by atoms with van der Waals surface area (Å²) in [4.78, 5) is 0. The molecular formula is C15H24O. The standard InChI is InChI=1S/C15H24O/c1-11-10-13-14(11,2)8-5-12-4-3-7-15(13,16)9-6-12/h4,11,13,16H,3,5-10H2,1-2H3/t11-,13-,14?,15?/m0/s1. The summed E-state index contributed by atoms with van der Waals surface area (Å²) in [6.07, 6.45) is 10.5. The minimum absolute atomic E-state index is 0.347. The largest absolute Gasteiger partial charge is 0.390 e. The molecule has 0 aromatic carbocycles. The van der Waals surface area contributed by atoms with E-state index in [9.17, 15) is 5.11 Å². The predicted molar refractivity (Wildman–Crippen MR) is 66.1 cm³/mol. The molecule has 2 unspecified atom stereocenters. The van der Waals surface area contributed by atoms with Gasteiger partial charge in [0.25, 0.3) is 0 Å². The van der Waals surface area contributed by atoms with Crippen molar-refractivity contribution < 1.29 is 5.11 Å². The van der Waals surface area contributed by atoms with Crippen LogP contribution in [0.4, 0.5) is 0 Å². The van der Waals surface area contributed by atoms with Gasteiger partial charge in [0.05, 0.1) is 5.60 Å². The van der Waals surface area contributed by atoms with E-state index in [1.807, 2.05) is 0 Å². The molecule has 0 heterocycles. The Bertz CT molecular complexity index is 332. The van der Waals surface area contributed by atoms with E-state index >= 15 is 0 Å². The molecule has 0 aromatic rings. The highest BCUT2D eigenvalue weighted by molar-refractivity contribution is 5.16. The lowest BCUT2D eigenvalue weighted by Gasteiger charge is -2.60. The van der Waals surface area contributed by atoms with Gasteiger partial charge < -0.3 is 5.11 Å². The first-order chi connectivity index (χ1) is 7.55. The first-order valence-corrected chi connectivity index (χ1v) is 6.95. The van der Waals surface area contributed by atoms with Gasteiger partial charge in [-0.15, -0.1) is 0 Å². The topological polar surface area (TPSA) is 20.2 Å². The Morgan fingerprint density at radius 2 is 2.00 bits per heavy atom. The average molecular weight is 220 g/mol. The van der Waals surface area contributed by atoms with E-state index in [2.05, 4.69) is 19.9 Å². The van der Waals surface area contributed by atoms with Crippen LogP contribution in [0.3, 0.4) is 0 Å². The minimum Gasteiger partial charge on any atom is -0.390 e. The van der Waals surface area contributed by atoms with E-state index in [1.54, 1.807) is 5.57 Å². The van der Waals surface area contributed by atoms with Crippen molar-refractivity contribution in [3.63, 3.8) is 0 Å². The Balaban J connectivity index is 1.96. The summed E-state index contributed by atoms with van der Waals surface area (Å²) >= 11 is 0. The summed E-state index contributed by atoms with van der Waals surface area (Å²) < 4.78 is 0. The lowest BCUT2D eigenvalue weighted by Crippen LogP contribution is -2.57. The SMILES string of the molecule is C[C@H]1C[C@@H]2C3(O)CCC=C(CC3)CCC21C. The zero-order valence-electron chi connectivity index (χ0n) is 10.6. The number of hydrogen-bond donors (Lipinski definition) is 1. The van der Waals surface area contributed by atoms with Gasteiger partial charge in [-0.1, -0.05) is 25.5 Å². The summed E-state index contributed by atoms with van der Waals surface area (Å²) in [5.74, 6) is 1.38. The highest BCUT2D eigenvalue weighted by atomic mass is 16.3. The molecule has 2 saturated carbocycles. The number of rotatable bonds is 0. The third-order valence-electron chi connectivity index (χ3n) is 6.03. The maximum absolute atomic E-state index is 10.9. The summed E-state index contributed by atoms with van der Waals surface area (Å²) in [5.41, 5.74) is 1.69. The lowest BCUT2D eigenvalue weighted by molar-refractivity contribution is -0.170. The fourth-order valence-corrected chi connectivity index (χ4v) is 4.46. The van der Waals surface area contributed by atoms with E-state index in [4.69, 9.17) is 0 Å². The molecule has 90 valence electrons. The molecule has 0 aromatic heterocycles. The highest BCUT2D eigenvalue weighted by Gasteiger charge is 2.57. The van der Waals surface area contributed by atoms with E-state index in [0.717, 1.165) is 31.6 Å². The van der Waals surface area contributed by atoms with Crippen molar-refractivity contribution in [2.24, 2.45) is 17.3 Å². The van der Waals surface area contributed by atoms with Crippen molar-refractivity contribution in [3.8, 4) is 0 Å². The van der Waals surface area contributed by atoms with Gasteiger partial charge in [-0.3, -0.25) is 0 Å². The van der Waals surface area contributed by atoms with Gasteiger partial charge in [-0.05, 0) is 62.2 Å². The predicted octanol–water partition coefficient (Wildman–Crippen LogP) is 3.67. The number of aliphatic hydroxyl groups is 1. The van der Waals surface area contributed by atoms with Crippen LogP contribution in [0.25, 0.3) is 0 Å². The second kappa shape index (κ2) is 3.35. The Kier molecular flexibility index (Phi) is 2.27. The molecule has 0 radical (unpaired) electrons. The van der Waals surface area contributed by atoms with E-state index < -0.39 is 0 Å². The van der Waals surface area contributed by atoms with Gasteiger partial charge in [-0.2, -0.15) is 0 Å². The summed E-state index contributed by atoms with van der Waals surface area (Å²) in [5, 5.41) is 10.9. The maximum Gasteiger partial charge on any atom is 0.0687 e. The zero-order chi connectivity index (χ0) is 11.4. The molecule has 0 spiro atoms. The maximum atomic E-state index is 10.9. The van der Waals surface area contributed by atoms with Crippen molar-refractivity contribution >= 4 is 0 Å². The third kappa shape index (κ3) is 1.33. The summed E-state index contributed by atoms with van der Waals surface area (Å²) in [6.45, 7) is 4.80. The molecule has 3 rings (SSSR count). The monoisotopic (exact) mass is 220 g/mol. The first-order valence-electron chi connectivity index (χ1n) is 6.95. The molecule has 0 aliphatic heterocycles. The van der Waals surface area contributed by atoms with E-state index in [1.165, 1.54) is 19.3 Å². The van der Waals surface area contributed by atoms with Crippen LogP contribution in [-0.2, 0) is 0 Å². The van der Waals surface area contributed by atoms with Crippen molar-refractivity contribution in [1.82, 2.24) is 0 Å². The average Bonchev–Trinajstić information content (AvgIpc) is 2.43. The van der Waals surface area contributed by atoms with Crippen LogP contribution in [0.5, 0.6) is 0 Å². The van der Waals surface area contributed by atoms with Crippen molar-refractivity contribution in [2.45, 2.75) is 64.4 Å². The van der Waals surface area contributed by atoms with Crippen LogP contribution < -0.4 is 0 Å². The van der Waals surface area contributed by atoms with Gasteiger partial charge in [0.15, 0.2) is 0 Å². The van der Waals surface area contributed by atoms with Gasteiger partial charge >= 0.3 is 0 Å². The molecule has 1 nitrogen and oxygen atoms in total. The molecule has 16 heavy (non-hydrogen) atoms. The normalized spacial score (nSPS) is 51.8. The van der Waals surface area contributed by atoms with Crippen LogP contribution in [0, 0.1) is 17.3 Å². The molecule has 0 saturated heterocycles. The fraction of sp³-hybridized carbons (Fsp3) is 0.867.